The summed E-state index contributed by atoms with van der Waals surface area (Å²) in [6.07, 6.45) is 1.90. The molecule has 0 atom stereocenters. The highest BCUT2D eigenvalue weighted by atomic mass is 32.2. The first-order valence-corrected chi connectivity index (χ1v) is 11.2. The summed E-state index contributed by atoms with van der Waals surface area (Å²) in [7, 11) is 0. The van der Waals surface area contributed by atoms with E-state index in [2.05, 4.69) is 5.32 Å². The first kappa shape index (κ1) is 21.9. The molecule has 7 heteroatoms. The summed E-state index contributed by atoms with van der Waals surface area (Å²) in [6, 6.07) is 23.5. The summed E-state index contributed by atoms with van der Waals surface area (Å²) in [5, 5.41) is 2.68. The number of benzene rings is 3. The lowest BCUT2D eigenvalue weighted by atomic mass is 10.0. The van der Waals surface area contributed by atoms with Crippen molar-refractivity contribution in [1.82, 2.24) is 4.90 Å². The van der Waals surface area contributed by atoms with E-state index in [1.54, 1.807) is 0 Å². The van der Waals surface area contributed by atoms with Crippen LogP contribution in [0.5, 0.6) is 0 Å². The number of halogens is 1. The summed E-state index contributed by atoms with van der Waals surface area (Å²) in [5.41, 5.74) is 3.63. The zero-order valence-corrected chi connectivity index (χ0v) is 18.6. The largest absolute Gasteiger partial charge is 0.326 e. The third-order valence-corrected chi connectivity index (χ3v) is 6.26. The van der Waals surface area contributed by atoms with Crippen LogP contribution in [0.25, 0.3) is 17.2 Å². The standard InChI is InChI=1S/C25H19FN2O2S2/c26-20-10-12-21(13-11-20)27-23(29)14-15-28-24(30)22(32-25(28)31)16-17-6-8-19(9-7-17)18-4-2-1-3-5-18/h1-13,16H,14-15H2,(H,27,29)/b22-16-. The average Bonchev–Trinajstić information content (AvgIpc) is 3.07. The Morgan fingerprint density at radius 2 is 1.62 bits per heavy atom. The Morgan fingerprint density at radius 3 is 2.31 bits per heavy atom. The van der Waals surface area contributed by atoms with Crippen LogP contribution in [0.3, 0.4) is 0 Å². The Hall–Kier alpha value is -3.29. The van der Waals surface area contributed by atoms with Gasteiger partial charge in [0.25, 0.3) is 5.91 Å². The van der Waals surface area contributed by atoms with Crippen molar-refractivity contribution >= 4 is 51.9 Å². The molecule has 3 aromatic rings. The lowest BCUT2D eigenvalue weighted by Gasteiger charge is -2.14. The summed E-state index contributed by atoms with van der Waals surface area (Å²) in [6.45, 7) is 0.183. The molecule has 0 aliphatic carbocycles. The summed E-state index contributed by atoms with van der Waals surface area (Å²) >= 11 is 6.58. The van der Waals surface area contributed by atoms with Gasteiger partial charge in [-0.1, -0.05) is 78.6 Å². The Bertz CT molecular complexity index is 1180. The molecular weight excluding hydrogens is 443 g/mol. The van der Waals surface area contributed by atoms with E-state index < -0.39 is 0 Å². The van der Waals surface area contributed by atoms with Gasteiger partial charge in [-0.25, -0.2) is 4.39 Å². The van der Waals surface area contributed by atoms with Crippen LogP contribution >= 0.6 is 24.0 Å². The molecule has 32 heavy (non-hydrogen) atoms. The highest BCUT2D eigenvalue weighted by molar-refractivity contribution is 8.26. The average molecular weight is 463 g/mol. The SMILES string of the molecule is O=C(CCN1C(=O)/C(=C/c2ccc(-c3ccccc3)cc2)SC1=S)Nc1ccc(F)cc1. The van der Waals surface area contributed by atoms with E-state index in [0.717, 1.165) is 16.7 Å². The van der Waals surface area contributed by atoms with Crippen LogP contribution in [-0.2, 0) is 9.59 Å². The summed E-state index contributed by atoms with van der Waals surface area (Å²) < 4.78 is 13.4. The number of hydrogen-bond donors (Lipinski definition) is 1. The number of carbonyl (C=O) groups excluding carboxylic acids is 2. The fourth-order valence-electron chi connectivity index (χ4n) is 3.22. The summed E-state index contributed by atoms with van der Waals surface area (Å²) in [5.74, 6) is -0.852. The maximum atomic E-state index is 13.0. The Balaban J connectivity index is 1.37. The molecule has 1 saturated heterocycles. The molecule has 2 amide bonds. The molecule has 4 rings (SSSR count). The fourth-order valence-corrected chi connectivity index (χ4v) is 4.53. The molecule has 1 N–H and O–H groups in total. The molecule has 0 radical (unpaired) electrons. The van der Waals surface area contributed by atoms with E-state index in [0.29, 0.717) is 14.9 Å². The zero-order chi connectivity index (χ0) is 22.5. The molecule has 160 valence electrons. The van der Waals surface area contributed by atoms with E-state index in [1.807, 2.05) is 60.7 Å². The van der Waals surface area contributed by atoms with E-state index in [-0.39, 0.29) is 30.6 Å². The number of rotatable bonds is 6. The minimum absolute atomic E-state index is 0.0862. The van der Waals surface area contributed by atoms with Crippen molar-refractivity contribution < 1.29 is 14.0 Å². The second-order valence-corrected chi connectivity index (χ2v) is 8.80. The molecule has 1 heterocycles. The topological polar surface area (TPSA) is 49.4 Å². The number of hydrogen-bond acceptors (Lipinski definition) is 4. The van der Waals surface area contributed by atoms with E-state index in [1.165, 1.54) is 40.9 Å². The monoisotopic (exact) mass is 462 g/mol. The van der Waals surface area contributed by atoms with Crippen molar-refractivity contribution in [3.05, 3.63) is 95.1 Å². The van der Waals surface area contributed by atoms with Crippen molar-refractivity contribution in [2.24, 2.45) is 0 Å². The minimum Gasteiger partial charge on any atom is -0.326 e. The molecule has 1 aliphatic heterocycles. The number of nitrogens with zero attached hydrogens (tertiary/aromatic N) is 1. The number of thioether (sulfide) groups is 1. The quantitative estimate of drug-likeness (QED) is 0.376. The minimum atomic E-state index is -0.373. The van der Waals surface area contributed by atoms with Crippen molar-refractivity contribution in [1.29, 1.82) is 0 Å². The maximum absolute atomic E-state index is 13.0. The molecule has 0 aromatic heterocycles. The van der Waals surface area contributed by atoms with Gasteiger partial charge in [-0.2, -0.15) is 0 Å². The first-order chi connectivity index (χ1) is 15.5. The predicted molar refractivity (Wildman–Crippen MR) is 131 cm³/mol. The van der Waals surface area contributed by atoms with Crippen molar-refractivity contribution in [2.75, 3.05) is 11.9 Å². The van der Waals surface area contributed by atoms with Crippen molar-refractivity contribution in [3.8, 4) is 11.1 Å². The first-order valence-electron chi connectivity index (χ1n) is 9.96. The zero-order valence-electron chi connectivity index (χ0n) is 17.0. The summed E-state index contributed by atoms with van der Waals surface area (Å²) in [4.78, 5) is 26.9. The lowest BCUT2D eigenvalue weighted by molar-refractivity contribution is -0.122. The van der Waals surface area contributed by atoms with Crippen LogP contribution in [0.2, 0.25) is 0 Å². The third kappa shape index (κ3) is 5.30. The van der Waals surface area contributed by atoms with Gasteiger partial charge in [-0.3, -0.25) is 14.5 Å². The molecular formula is C25H19FN2O2S2. The fraction of sp³-hybridized carbons (Fsp3) is 0.0800. The van der Waals surface area contributed by atoms with Gasteiger partial charge in [-0.05, 0) is 47.0 Å². The predicted octanol–water partition coefficient (Wildman–Crippen LogP) is 5.72. The highest BCUT2D eigenvalue weighted by Crippen LogP contribution is 2.33. The second-order valence-electron chi connectivity index (χ2n) is 7.13. The molecule has 0 spiro atoms. The number of nitrogens with one attached hydrogen (secondary N) is 1. The van der Waals surface area contributed by atoms with Crippen LogP contribution < -0.4 is 5.32 Å². The number of carbonyl (C=O) groups is 2. The number of anilines is 1. The Morgan fingerprint density at radius 1 is 0.969 bits per heavy atom. The van der Waals surface area contributed by atoms with E-state index in [9.17, 15) is 14.0 Å². The lowest BCUT2D eigenvalue weighted by Crippen LogP contribution is -2.31. The van der Waals surface area contributed by atoms with Crippen LogP contribution in [0.1, 0.15) is 12.0 Å². The van der Waals surface area contributed by atoms with Crippen LogP contribution in [0.4, 0.5) is 10.1 Å². The van der Waals surface area contributed by atoms with Gasteiger partial charge in [0.2, 0.25) is 5.91 Å². The van der Waals surface area contributed by atoms with Gasteiger partial charge < -0.3 is 5.32 Å². The van der Waals surface area contributed by atoms with Crippen molar-refractivity contribution in [2.45, 2.75) is 6.42 Å². The molecule has 4 nitrogen and oxygen atoms in total. The molecule has 0 bridgehead atoms. The normalized spacial score (nSPS) is 14.8. The van der Waals surface area contributed by atoms with E-state index in [4.69, 9.17) is 12.2 Å². The van der Waals surface area contributed by atoms with Gasteiger partial charge >= 0.3 is 0 Å². The van der Waals surface area contributed by atoms with Crippen molar-refractivity contribution in [3.63, 3.8) is 0 Å². The Labute approximate surface area is 195 Å². The smallest absolute Gasteiger partial charge is 0.266 e. The molecule has 1 aliphatic rings. The van der Waals surface area contributed by atoms with Gasteiger partial charge in [0.05, 0.1) is 4.91 Å². The number of thiocarbonyl (C=S) groups is 1. The van der Waals surface area contributed by atoms with Gasteiger partial charge in [0, 0.05) is 18.7 Å². The molecule has 3 aromatic carbocycles. The van der Waals surface area contributed by atoms with Crippen LogP contribution in [0.15, 0.2) is 83.8 Å². The highest BCUT2D eigenvalue weighted by Gasteiger charge is 2.32. The van der Waals surface area contributed by atoms with Gasteiger partial charge in [0.1, 0.15) is 10.1 Å². The van der Waals surface area contributed by atoms with E-state index >= 15 is 0 Å². The molecule has 0 unspecified atom stereocenters. The van der Waals surface area contributed by atoms with Gasteiger partial charge in [0.15, 0.2) is 0 Å². The van der Waals surface area contributed by atoms with Crippen LogP contribution in [0, 0.1) is 5.82 Å². The second kappa shape index (κ2) is 9.89. The maximum Gasteiger partial charge on any atom is 0.266 e. The van der Waals surface area contributed by atoms with Crippen LogP contribution in [-0.4, -0.2) is 27.6 Å². The Kier molecular flexibility index (Phi) is 6.78. The number of amides is 2. The van der Waals surface area contributed by atoms with Gasteiger partial charge in [-0.15, -0.1) is 0 Å². The molecule has 0 saturated carbocycles. The molecule has 1 fully saturated rings. The third-order valence-electron chi connectivity index (χ3n) is 4.88.